The molecular weight excluding hydrogens is 434 g/mol. The van der Waals surface area contributed by atoms with Gasteiger partial charge < -0.3 is 15.0 Å². The first-order chi connectivity index (χ1) is 16.3. The second-order valence-corrected chi connectivity index (χ2v) is 8.91. The van der Waals surface area contributed by atoms with Crippen LogP contribution in [0.15, 0.2) is 24.3 Å². The number of ether oxygens (including phenoxy) is 1. The van der Waals surface area contributed by atoms with E-state index in [1.54, 1.807) is 13.8 Å². The largest absolute Gasteiger partial charge is 0.447 e. The number of hydrogen-bond acceptors (Lipinski definition) is 8. The Kier molecular flexibility index (Phi) is 7.26. The Morgan fingerprint density at radius 2 is 1.85 bits per heavy atom. The summed E-state index contributed by atoms with van der Waals surface area (Å²) in [4.78, 5) is 42.8. The molecule has 182 valence electrons. The van der Waals surface area contributed by atoms with Crippen LogP contribution in [0.4, 0.5) is 16.7 Å². The molecule has 1 aromatic carbocycles. The Hall–Kier alpha value is -3.27. The first-order valence-electron chi connectivity index (χ1n) is 11.9. The van der Waals surface area contributed by atoms with E-state index in [1.165, 1.54) is 10.5 Å². The van der Waals surface area contributed by atoms with E-state index in [-0.39, 0.29) is 18.0 Å². The zero-order chi connectivity index (χ0) is 24.2. The molecule has 0 radical (unpaired) electrons. The van der Waals surface area contributed by atoms with Gasteiger partial charge in [-0.2, -0.15) is 15.0 Å². The number of amides is 2. The molecule has 3 heterocycles. The average molecular weight is 468 g/mol. The molecule has 34 heavy (non-hydrogen) atoms. The molecule has 1 aromatic heterocycles. The molecule has 2 amide bonds. The predicted octanol–water partition coefficient (Wildman–Crippen LogP) is 2.75. The molecule has 1 unspecified atom stereocenters. The summed E-state index contributed by atoms with van der Waals surface area (Å²) in [6, 6.07) is 8.40. The fraction of sp³-hybridized carbons (Fsp3) is 0.542. The summed E-state index contributed by atoms with van der Waals surface area (Å²) >= 11 is 0. The SMILES string of the molecule is CCC1COC(=O)N1c1nc(C)nc(N[C@@H](C)c2ccc(CN3CCN(C(C)=O)CC3)cc2)n1. The van der Waals surface area contributed by atoms with Crippen molar-refractivity contribution >= 4 is 23.9 Å². The lowest BCUT2D eigenvalue weighted by molar-refractivity contribution is -0.130. The molecule has 2 atom stereocenters. The fourth-order valence-corrected chi connectivity index (χ4v) is 4.31. The van der Waals surface area contributed by atoms with Crippen molar-refractivity contribution in [3.05, 3.63) is 41.2 Å². The van der Waals surface area contributed by atoms with Gasteiger partial charge in [-0.1, -0.05) is 31.2 Å². The van der Waals surface area contributed by atoms with Crippen LogP contribution in [0.3, 0.4) is 0 Å². The minimum atomic E-state index is -0.422. The summed E-state index contributed by atoms with van der Waals surface area (Å²) in [5.74, 6) is 1.43. The van der Waals surface area contributed by atoms with Crippen molar-refractivity contribution < 1.29 is 14.3 Å². The smallest absolute Gasteiger partial charge is 0.417 e. The van der Waals surface area contributed by atoms with Gasteiger partial charge in [0, 0.05) is 39.6 Å². The molecule has 2 aliphatic rings. The molecule has 4 rings (SSSR count). The molecule has 10 nitrogen and oxygen atoms in total. The van der Waals surface area contributed by atoms with E-state index in [1.807, 2.05) is 18.7 Å². The van der Waals surface area contributed by atoms with Gasteiger partial charge in [0.25, 0.3) is 0 Å². The van der Waals surface area contributed by atoms with Gasteiger partial charge in [0.2, 0.25) is 17.8 Å². The summed E-state index contributed by atoms with van der Waals surface area (Å²) in [6.45, 7) is 12.0. The van der Waals surface area contributed by atoms with Crippen molar-refractivity contribution in [3.63, 3.8) is 0 Å². The highest BCUT2D eigenvalue weighted by molar-refractivity contribution is 5.88. The van der Waals surface area contributed by atoms with Gasteiger partial charge in [-0.25, -0.2) is 9.69 Å². The lowest BCUT2D eigenvalue weighted by Gasteiger charge is -2.34. The number of cyclic esters (lactones) is 1. The van der Waals surface area contributed by atoms with E-state index in [9.17, 15) is 9.59 Å². The van der Waals surface area contributed by atoms with Crippen LogP contribution in [0.5, 0.6) is 0 Å². The third-order valence-corrected chi connectivity index (χ3v) is 6.43. The summed E-state index contributed by atoms with van der Waals surface area (Å²) in [6.07, 6.45) is 0.337. The molecule has 1 N–H and O–H groups in total. The van der Waals surface area contributed by atoms with Crippen LogP contribution >= 0.6 is 0 Å². The van der Waals surface area contributed by atoms with Crippen molar-refractivity contribution in [2.24, 2.45) is 0 Å². The molecule has 2 aromatic rings. The Morgan fingerprint density at radius 1 is 1.15 bits per heavy atom. The van der Waals surface area contributed by atoms with E-state index < -0.39 is 6.09 Å². The normalized spacial score (nSPS) is 19.8. The second kappa shape index (κ2) is 10.3. The highest BCUT2D eigenvalue weighted by Gasteiger charge is 2.35. The zero-order valence-electron chi connectivity index (χ0n) is 20.3. The number of carbonyl (C=O) groups excluding carboxylic acids is 2. The Labute approximate surface area is 200 Å². The Balaban J connectivity index is 1.38. The first kappa shape index (κ1) is 23.9. The molecule has 2 saturated heterocycles. The Bertz CT molecular complexity index is 1020. The molecule has 0 aliphatic carbocycles. The maximum Gasteiger partial charge on any atom is 0.417 e. The van der Waals surface area contributed by atoms with Gasteiger partial charge in [0.15, 0.2) is 0 Å². The number of aromatic nitrogens is 3. The number of anilines is 2. The zero-order valence-corrected chi connectivity index (χ0v) is 20.3. The molecule has 2 fully saturated rings. The van der Waals surface area contributed by atoms with Crippen LogP contribution in [0.25, 0.3) is 0 Å². The van der Waals surface area contributed by atoms with Crippen LogP contribution in [-0.2, 0) is 16.1 Å². The van der Waals surface area contributed by atoms with E-state index in [0.717, 1.165) is 44.7 Å². The lowest BCUT2D eigenvalue weighted by Crippen LogP contribution is -2.47. The monoisotopic (exact) mass is 467 g/mol. The van der Waals surface area contributed by atoms with Gasteiger partial charge in [-0.15, -0.1) is 0 Å². The van der Waals surface area contributed by atoms with Crippen LogP contribution in [-0.4, -0.2) is 75.6 Å². The third kappa shape index (κ3) is 5.44. The number of benzene rings is 1. The highest BCUT2D eigenvalue weighted by Crippen LogP contribution is 2.24. The average Bonchev–Trinajstić information content (AvgIpc) is 3.20. The minimum absolute atomic E-state index is 0.0321. The number of carbonyl (C=O) groups is 2. The summed E-state index contributed by atoms with van der Waals surface area (Å²) in [5.41, 5.74) is 2.35. The number of hydrogen-bond donors (Lipinski definition) is 1. The Morgan fingerprint density at radius 3 is 2.50 bits per heavy atom. The lowest BCUT2D eigenvalue weighted by atomic mass is 10.1. The van der Waals surface area contributed by atoms with Gasteiger partial charge in [-0.3, -0.25) is 9.69 Å². The summed E-state index contributed by atoms with van der Waals surface area (Å²) < 4.78 is 5.18. The molecule has 0 bridgehead atoms. The molecular formula is C24H33N7O3. The van der Waals surface area contributed by atoms with Crippen LogP contribution in [0.1, 0.15) is 50.2 Å². The van der Waals surface area contributed by atoms with Gasteiger partial charge in [-0.05, 0) is 31.4 Å². The van der Waals surface area contributed by atoms with Crippen molar-refractivity contribution in [1.82, 2.24) is 24.8 Å². The van der Waals surface area contributed by atoms with Gasteiger partial charge in [0.05, 0.1) is 12.1 Å². The number of nitrogens with zero attached hydrogens (tertiary/aromatic N) is 6. The molecule has 10 heteroatoms. The summed E-state index contributed by atoms with van der Waals surface area (Å²) in [5, 5.41) is 3.34. The van der Waals surface area contributed by atoms with Crippen LogP contribution in [0.2, 0.25) is 0 Å². The number of nitrogens with one attached hydrogen (secondary N) is 1. The number of piperazine rings is 1. The first-order valence-corrected chi connectivity index (χ1v) is 11.9. The van der Waals surface area contributed by atoms with Crippen molar-refractivity contribution in [1.29, 1.82) is 0 Å². The van der Waals surface area contributed by atoms with Crippen molar-refractivity contribution in [2.75, 3.05) is 43.0 Å². The standard InChI is InChI=1S/C24H33N7O3/c1-5-21-15-34-24(33)31(21)23-27-17(3)26-22(28-23)25-16(2)20-8-6-19(7-9-20)14-29-10-12-30(13-11-29)18(4)32/h6-9,16,21H,5,10-15H2,1-4H3,(H,25,26,27,28)/t16-,21?/m0/s1. The van der Waals surface area contributed by atoms with Gasteiger partial charge >= 0.3 is 6.09 Å². The fourth-order valence-electron chi connectivity index (χ4n) is 4.31. The van der Waals surface area contributed by atoms with Crippen molar-refractivity contribution in [3.8, 4) is 0 Å². The van der Waals surface area contributed by atoms with Gasteiger partial charge in [0.1, 0.15) is 12.4 Å². The molecule has 0 saturated carbocycles. The van der Waals surface area contributed by atoms with E-state index in [0.29, 0.717) is 24.3 Å². The topological polar surface area (TPSA) is 104 Å². The molecule has 2 aliphatic heterocycles. The molecule has 0 spiro atoms. The third-order valence-electron chi connectivity index (χ3n) is 6.43. The van der Waals surface area contributed by atoms with E-state index >= 15 is 0 Å². The highest BCUT2D eigenvalue weighted by atomic mass is 16.6. The maximum atomic E-state index is 12.2. The van der Waals surface area contributed by atoms with E-state index in [2.05, 4.69) is 49.4 Å². The van der Waals surface area contributed by atoms with Crippen LogP contribution in [0, 0.1) is 6.92 Å². The second-order valence-electron chi connectivity index (χ2n) is 8.91. The number of aryl methyl sites for hydroxylation is 1. The maximum absolute atomic E-state index is 12.2. The van der Waals surface area contributed by atoms with Crippen LogP contribution < -0.4 is 10.2 Å². The number of rotatable bonds is 7. The van der Waals surface area contributed by atoms with E-state index in [4.69, 9.17) is 4.74 Å². The predicted molar refractivity (Wildman–Crippen MR) is 128 cm³/mol. The minimum Gasteiger partial charge on any atom is -0.447 e. The quantitative estimate of drug-likeness (QED) is 0.663. The summed E-state index contributed by atoms with van der Waals surface area (Å²) in [7, 11) is 0. The van der Waals surface area contributed by atoms with Crippen molar-refractivity contribution in [2.45, 2.75) is 52.7 Å².